The van der Waals surface area contributed by atoms with Gasteiger partial charge in [-0.3, -0.25) is 18.9 Å². The van der Waals surface area contributed by atoms with E-state index in [9.17, 15) is 19.8 Å². The SMILES string of the molecule is COc1ccc(C2CC(c3c(O)n(C)c(=O)n(C)c3=O)=Nc3ccccc3S2)cc1O. The summed E-state index contributed by atoms with van der Waals surface area (Å²) in [4.78, 5) is 30.7. The Morgan fingerprint density at radius 1 is 1.10 bits per heavy atom. The Balaban J connectivity index is 1.91. The van der Waals surface area contributed by atoms with Crippen molar-refractivity contribution in [3.05, 3.63) is 74.4 Å². The predicted octanol–water partition coefficient (Wildman–Crippen LogP) is 2.86. The number of aromatic nitrogens is 2. The number of thioether (sulfide) groups is 1. The van der Waals surface area contributed by atoms with Crippen LogP contribution in [0.15, 0.2) is 61.9 Å². The topological polar surface area (TPSA) is 106 Å². The maximum absolute atomic E-state index is 12.9. The van der Waals surface area contributed by atoms with E-state index in [4.69, 9.17) is 9.73 Å². The zero-order valence-corrected chi connectivity index (χ0v) is 18.0. The summed E-state index contributed by atoms with van der Waals surface area (Å²) in [5, 5.41) is 20.7. The van der Waals surface area contributed by atoms with E-state index < -0.39 is 17.1 Å². The molecule has 0 saturated carbocycles. The molecule has 1 atom stereocenters. The number of methoxy groups -OCH3 is 1. The van der Waals surface area contributed by atoms with Gasteiger partial charge in [-0.2, -0.15) is 0 Å². The monoisotopic (exact) mass is 439 g/mol. The van der Waals surface area contributed by atoms with Gasteiger partial charge in [0, 0.05) is 30.7 Å². The predicted molar refractivity (Wildman–Crippen MR) is 119 cm³/mol. The summed E-state index contributed by atoms with van der Waals surface area (Å²) in [5.41, 5.74) is 0.606. The Labute approximate surface area is 182 Å². The molecule has 4 rings (SSSR count). The second-order valence-electron chi connectivity index (χ2n) is 7.17. The Hall–Kier alpha value is -3.46. The number of benzene rings is 2. The van der Waals surface area contributed by atoms with E-state index in [2.05, 4.69) is 0 Å². The number of nitrogens with zero attached hydrogens (tertiary/aromatic N) is 3. The zero-order chi connectivity index (χ0) is 22.3. The molecule has 0 aliphatic carbocycles. The second kappa shape index (κ2) is 7.99. The van der Waals surface area contributed by atoms with Crippen LogP contribution in [-0.2, 0) is 14.1 Å². The van der Waals surface area contributed by atoms with Gasteiger partial charge in [-0.15, -0.1) is 11.8 Å². The first-order chi connectivity index (χ1) is 14.8. The van der Waals surface area contributed by atoms with Crippen molar-refractivity contribution in [1.82, 2.24) is 9.13 Å². The van der Waals surface area contributed by atoms with E-state index in [-0.39, 0.29) is 16.6 Å². The fraction of sp³-hybridized carbons (Fsp3) is 0.227. The van der Waals surface area contributed by atoms with Crippen molar-refractivity contribution < 1.29 is 14.9 Å². The van der Waals surface area contributed by atoms with Crippen LogP contribution in [0.4, 0.5) is 5.69 Å². The van der Waals surface area contributed by atoms with Crippen molar-refractivity contribution in [3.8, 4) is 17.4 Å². The molecule has 0 radical (unpaired) electrons. The minimum atomic E-state index is -0.619. The van der Waals surface area contributed by atoms with Gasteiger partial charge in [0.05, 0.1) is 18.5 Å². The van der Waals surface area contributed by atoms with Gasteiger partial charge in [0.25, 0.3) is 5.56 Å². The summed E-state index contributed by atoms with van der Waals surface area (Å²) < 4.78 is 7.12. The van der Waals surface area contributed by atoms with E-state index in [1.165, 1.54) is 21.2 Å². The number of rotatable bonds is 3. The Kier molecular flexibility index (Phi) is 5.36. The summed E-state index contributed by atoms with van der Waals surface area (Å²) >= 11 is 1.55. The molecule has 8 nitrogen and oxygen atoms in total. The smallest absolute Gasteiger partial charge is 0.333 e. The highest BCUT2D eigenvalue weighted by molar-refractivity contribution is 7.99. The van der Waals surface area contributed by atoms with E-state index >= 15 is 0 Å². The lowest BCUT2D eigenvalue weighted by Crippen LogP contribution is -2.40. The maximum atomic E-state index is 12.9. The first kappa shape index (κ1) is 20.8. The van der Waals surface area contributed by atoms with Crippen molar-refractivity contribution in [2.75, 3.05) is 7.11 Å². The third-order valence-corrected chi connectivity index (χ3v) is 6.59. The molecule has 2 heterocycles. The molecule has 0 bridgehead atoms. The molecular weight excluding hydrogens is 418 g/mol. The largest absolute Gasteiger partial charge is 0.504 e. The number of para-hydroxylation sites is 1. The first-order valence-corrected chi connectivity index (χ1v) is 10.4. The zero-order valence-electron chi connectivity index (χ0n) is 17.2. The molecule has 2 aromatic carbocycles. The molecule has 160 valence electrons. The van der Waals surface area contributed by atoms with E-state index in [1.807, 2.05) is 30.3 Å². The molecule has 31 heavy (non-hydrogen) atoms. The molecule has 1 aromatic heterocycles. The number of ether oxygens (including phenoxy) is 1. The number of aromatic hydroxyl groups is 2. The minimum Gasteiger partial charge on any atom is -0.504 e. The third kappa shape index (κ3) is 3.61. The molecule has 1 aliphatic rings. The molecule has 0 spiro atoms. The van der Waals surface area contributed by atoms with Gasteiger partial charge in [-0.1, -0.05) is 18.2 Å². The molecule has 0 saturated heterocycles. The van der Waals surface area contributed by atoms with Crippen LogP contribution >= 0.6 is 11.8 Å². The highest BCUT2D eigenvalue weighted by atomic mass is 32.2. The third-order valence-electron chi connectivity index (χ3n) is 5.27. The van der Waals surface area contributed by atoms with Crippen LogP contribution in [0.5, 0.6) is 17.4 Å². The molecule has 9 heteroatoms. The number of hydrogen-bond acceptors (Lipinski definition) is 7. The van der Waals surface area contributed by atoms with E-state index in [0.29, 0.717) is 23.6 Å². The Morgan fingerprint density at radius 2 is 1.84 bits per heavy atom. The quantitative estimate of drug-likeness (QED) is 0.650. The van der Waals surface area contributed by atoms with Gasteiger partial charge < -0.3 is 14.9 Å². The number of phenolic OH excluding ortho intramolecular Hbond substituents is 1. The standard InChI is InChI=1S/C22H21N3O5S/c1-24-20(27)19(21(28)25(2)22(24)29)14-11-18(12-8-9-16(30-3)15(26)10-12)31-17-7-5-4-6-13(17)23-14/h4-10,18,26-27H,11H2,1-3H3. The van der Waals surface area contributed by atoms with Crippen molar-refractivity contribution in [2.24, 2.45) is 19.1 Å². The molecule has 0 fully saturated rings. The van der Waals surface area contributed by atoms with Crippen LogP contribution in [0.2, 0.25) is 0 Å². The van der Waals surface area contributed by atoms with Crippen molar-refractivity contribution in [3.63, 3.8) is 0 Å². The average molecular weight is 439 g/mol. The van der Waals surface area contributed by atoms with Crippen LogP contribution in [0.3, 0.4) is 0 Å². The molecular formula is C22H21N3O5S. The Morgan fingerprint density at radius 3 is 2.55 bits per heavy atom. The number of fused-ring (bicyclic) bond motifs is 1. The van der Waals surface area contributed by atoms with Crippen LogP contribution < -0.4 is 16.0 Å². The van der Waals surface area contributed by atoms with Gasteiger partial charge in [0.1, 0.15) is 5.56 Å². The first-order valence-electron chi connectivity index (χ1n) is 9.51. The lowest BCUT2D eigenvalue weighted by atomic mass is 10.0. The minimum absolute atomic E-state index is 0.00960. The highest BCUT2D eigenvalue weighted by Gasteiger charge is 2.28. The second-order valence-corrected chi connectivity index (χ2v) is 8.42. The summed E-state index contributed by atoms with van der Waals surface area (Å²) in [6.07, 6.45) is 0.298. The number of hydrogen-bond donors (Lipinski definition) is 2. The molecule has 0 amide bonds. The average Bonchev–Trinajstić information content (AvgIpc) is 2.96. The molecule has 1 aliphatic heterocycles. The van der Waals surface area contributed by atoms with Crippen LogP contribution in [0, 0.1) is 0 Å². The lowest BCUT2D eigenvalue weighted by molar-refractivity contribution is 0.373. The number of phenols is 1. The van der Waals surface area contributed by atoms with Crippen LogP contribution in [0.25, 0.3) is 0 Å². The van der Waals surface area contributed by atoms with Gasteiger partial charge >= 0.3 is 5.69 Å². The molecule has 2 N–H and O–H groups in total. The van der Waals surface area contributed by atoms with Crippen LogP contribution in [0.1, 0.15) is 22.8 Å². The summed E-state index contributed by atoms with van der Waals surface area (Å²) in [7, 11) is 4.25. The van der Waals surface area contributed by atoms with Crippen molar-refractivity contribution in [2.45, 2.75) is 16.6 Å². The highest BCUT2D eigenvalue weighted by Crippen LogP contribution is 2.46. The summed E-state index contributed by atoms with van der Waals surface area (Å²) in [6.45, 7) is 0. The summed E-state index contributed by atoms with van der Waals surface area (Å²) in [6, 6.07) is 12.7. The van der Waals surface area contributed by atoms with Gasteiger partial charge in [0.15, 0.2) is 11.5 Å². The Bertz CT molecular complexity index is 1330. The maximum Gasteiger partial charge on any atom is 0.333 e. The van der Waals surface area contributed by atoms with E-state index in [0.717, 1.165) is 19.6 Å². The van der Waals surface area contributed by atoms with E-state index in [1.54, 1.807) is 23.9 Å². The fourth-order valence-corrected chi connectivity index (χ4v) is 4.77. The van der Waals surface area contributed by atoms with Gasteiger partial charge in [-0.05, 0) is 29.8 Å². The molecule has 1 unspecified atom stereocenters. The van der Waals surface area contributed by atoms with Gasteiger partial charge in [0.2, 0.25) is 5.88 Å². The lowest BCUT2D eigenvalue weighted by Gasteiger charge is -2.18. The fourth-order valence-electron chi connectivity index (χ4n) is 3.55. The van der Waals surface area contributed by atoms with Crippen molar-refractivity contribution in [1.29, 1.82) is 0 Å². The van der Waals surface area contributed by atoms with Crippen LogP contribution in [-0.4, -0.2) is 32.2 Å². The normalized spacial score (nSPS) is 15.7. The van der Waals surface area contributed by atoms with Gasteiger partial charge in [-0.25, -0.2) is 4.79 Å². The number of aliphatic imine (C=N–C) groups is 1. The summed E-state index contributed by atoms with van der Waals surface area (Å²) in [5.74, 6) is -0.0497. The van der Waals surface area contributed by atoms with Crippen molar-refractivity contribution >= 4 is 23.2 Å². The molecule has 3 aromatic rings.